The van der Waals surface area contributed by atoms with Crippen molar-refractivity contribution in [2.45, 2.75) is 44.8 Å². The Morgan fingerprint density at radius 1 is 1.07 bits per heavy atom. The molecule has 4 heteroatoms. The highest BCUT2D eigenvalue weighted by Crippen LogP contribution is 2.29. The summed E-state index contributed by atoms with van der Waals surface area (Å²) in [5, 5.41) is 3.09. The molecule has 0 unspecified atom stereocenters. The van der Waals surface area contributed by atoms with Gasteiger partial charge in [-0.1, -0.05) is 55.7 Å². The fourth-order valence-electron chi connectivity index (χ4n) is 3.31. The molecule has 0 bridgehead atoms. The van der Waals surface area contributed by atoms with E-state index in [-0.39, 0.29) is 5.91 Å². The standard InChI is InChI=1S/C23H27NO3/c1-26-22-16-18(13-15-23(25)24-20-10-6-3-7-11-20)12-14-21(22)27-17-19-8-4-2-5-9-19/h2,4-5,8-9,12-16,20H,3,6-7,10-11,17H2,1H3,(H,24,25). The summed E-state index contributed by atoms with van der Waals surface area (Å²) in [6.45, 7) is 0.482. The van der Waals surface area contributed by atoms with Crippen LogP contribution in [0.15, 0.2) is 54.6 Å². The zero-order valence-corrected chi connectivity index (χ0v) is 15.8. The molecule has 1 aliphatic carbocycles. The van der Waals surface area contributed by atoms with Crippen LogP contribution in [-0.4, -0.2) is 19.1 Å². The highest BCUT2D eigenvalue weighted by Gasteiger charge is 2.14. The number of hydrogen-bond acceptors (Lipinski definition) is 3. The van der Waals surface area contributed by atoms with E-state index in [1.165, 1.54) is 19.3 Å². The summed E-state index contributed by atoms with van der Waals surface area (Å²) in [7, 11) is 1.62. The largest absolute Gasteiger partial charge is 0.493 e. The van der Waals surface area contributed by atoms with E-state index in [1.54, 1.807) is 13.2 Å². The van der Waals surface area contributed by atoms with Crippen molar-refractivity contribution < 1.29 is 14.3 Å². The lowest BCUT2D eigenvalue weighted by atomic mass is 9.95. The van der Waals surface area contributed by atoms with Crippen molar-refractivity contribution in [3.8, 4) is 11.5 Å². The predicted molar refractivity (Wildman–Crippen MR) is 108 cm³/mol. The first-order valence-corrected chi connectivity index (χ1v) is 9.58. The molecular weight excluding hydrogens is 338 g/mol. The smallest absolute Gasteiger partial charge is 0.244 e. The molecule has 1 fully saturated rings. The number of nitrogens with one attached hydrogen (secondary N) is 1. The molecule has 0 spiro atoms. The van der Waals surface area contributed by atoms with Crippen molar-refractivity contribution in [1.29, 1.82) is 0 Å². The minimum atomic E-state index is -0.0368. The molecule has 0 aliphatic heterocycles. The molecule has 1 aliphatic rings. The van der Waals surface area contributed by atoms with E-state index in [0.717, 1.165) is 24.0 Å². The van der Waals surface area contributed by atoms with E-state index in [4.69, 9.17) is 9.47 Å². The van der Waals surface area contributed by atoms with Crippen LogP contribution in [0.5, 0.6) is 11.5 Å². The average molecular weight is 365 g/mol. The van der Waals surface area contributed by atoms with Gasteiger partial charge in [0.1, 0.15) is 6.61 Å². The highest BCUT2D eigenvalue weighted by molar-refractivity contribution is 5.92. The molecule has 142 valence electrons. The molecule has 1 N–H and O–H groups in total. The van der Waals surface area contributed by atoms with Crippen LogP contribution in [0.4, 0.5) is 0 Å². The lowest BCUT2D eigenvalue weighted by Crippen LogP contribution is -2.34. The topological polar surface area (TPSA) is 47.6 Å². The van der Waals surface area contributed by atoms with E-state index >= 15 is 0 Å². The third-order valence-electron chi connectivity index (χ3n) is 4.80. The highest BCUT2D eigenvalue weighted by atomic mass is 16.5. The van der Waals surface area contributed by atoms with Gasteiger partial charge in [-0.2, -0.15) is 0 Å². The maximum absolute atomic E-state index is 12.1. The van der Waals surface area contributed by atoms with Crippen LogP contribution in [0, 0.1) is 0 Å². The maximum atomic E-state index is 12.1. The summed E-state index contributed by atoms with van der Waals surface area (Å²) in [6, 6.07) is 16.0. The number of hydrogen-bond donors (Lipinski definition) is 1. The van der Waals surface area contributed by atoms with Crippen molar-refractivity contribution in [2.75, 3.05) is 7.11 Å². The van der Waals surface area contributed by atoms with Crippen molar-refractivity contribution in [3.63, 3.8) is 0 Å². The van der Waals surface area contributed by atoms with E-state index in [9.17, 15) is 4.79 Å². The Morgan fingerprint density at radius 3 is 2.59 bits per heavy atom. The molecule has 2 aromatic carbocycles. The molecule has 0 atom stereocenters. The Labute approximate surface area is 161 Å². The molecule has 2 aromatic rings. The van der Waals surface area contributed by atoms with Gasteiger partial charge >= 0.3 is 0 Å². The zero-order chi connectivity index (χ0) is 18.9. The summed E-state index contributed by atoms with van der Waals surface area (Å²) in [5.41, 5.74) is 2.00. The first-order valence-electron chi connectivity index (χ1n) is 9.58. The summed E-state index contributed by atoms with van der Waals surface area (Å²) in [4.78, 5) is 12.1. The Hall–Kier alpha value is -2.75. The van der Waals surface area contributed by atoms with Gasteiger partial charge < -0.3 is 14.8 Å². The second-order valence-corrected chi connectivity index (χ2v) is 6.86. The van der Waals surface area contributed by atoms with E-state index in [1.807, 2.05) is 54.6 Å². The number of ether oxygens (including phenoxy) is 2. The lowest BCUT2D eigenvalue weighted by molar-refractivity contribution is -0.117. The molecule has 0 radical (unpaired) electrons. The summed E-state index contributed by atoms with van der Waals surface area (Å²) < 4.78 is 11.3. The second-order valence-electron chi connectivity index (χ2n) is 6.86. The SMILES string of the molecule is COc1cc(C=CC(=O)NC2CCCCC2)ccc1OCc1ccccc1. The number of carbonyl (C=O) groups is 1. The second kappa shape index (κ2) is 9.81. The number of amides is 1. The van der Waals surface area contributed by atoms with Crippen LogP contribution >= 0.6 is 0 Å². The minimum absolute atomic E-state index is 0.0368. The first-order chi connectivity index (χ1) is 13.2. The van der Waals surface area contributed by atoms with Crippen molar-refractivity contribution >= 4 is 12.0 Å². The first kappa shape index (κ1) is 19.0. The van der Waals surface area contributed by atoms with Gasteiger partial charge in [-0.15, -0.1) is 0 Å². The van der Waals surface area contributed by atoms with Crippen LogP contribution in [0.25, 0.3) is 6.08 Å². The molecule has 0 heterocycles. The van der Waals surface area contributed by atoms with Gasteiger partial charge in [-0.25, -0.2) is 0 Å². The Bertz CT molecular complexity index is 764. The molecule has 1 amide bonds. The Morgan fingerprint density at radius 2 is 1.85 bits per heavy atom. The molecule has 4 nitrogen and oxygen atoms in total. The lowest BCUT2D eigenvalue weighted by Gasteiger charge is -2.21. The van der Waals surface area contributed by atoms with Crippen LogP contribution < -0.4 is 14.8 Å². The average Bonchev–Trinajstić information content (AvgIpc) is 2.72. The van der Waals surface area contributed by atoms with Gasteiger partial charge in [0.15, 0.2) is 11.5 Å². The normalized spacial score (nSPS) is 14.9. The van der Waals surface area contributed by atoms with Crippen LogP contribution in [0.2, 0.25) is 0 Å². The monoisotopic (exact) mass is 365 g/mol. The van der Waals surface area contributed by atoms with Gasteiger partial charge in [0, 0.05) is 12.1 Å². The molecule has 1 saturated carbocycles. The van der Waals surface area contributed by atoms with Gasteiger partial charge in [0.2, 0.25) is 5.91 Å². The number of rotatable bonds is 7. The Kier molecular flexibility index (Phi) is 6.91. The summed E-state index contributed by atoms with van der Waals surface area (Å²) in [6.07, 6.45) is 9.25. The minimum Gasteiger partial charge on any atom is -0.493 e. The predicted octanol–water partition coefficient (Wildman–Crippen LogP) is 4.74. The van der Waals surface area contributed by atoms with Gasteiger partial charge in [-0.05, 0) is 42.2 Å². The quantitative estimate of drug-likeness (QED) is 0.721. The van der Waals surface area contributed by atoms with Crippen LogP contribution in [-0.2, 0) is 11.4 Å². The van der Waals surface area contributed by atoms with Crippen LogP contribution in [0.1, 0.15) is 43.2 Å². The van der Waals surface area contributed by atoms with Crippen molar-refractivity contribution in [1.82, 2.24) is 5.32 Å². The van der Waals surface area contributed by atoms with E-state index in [2.05, 4.69) is 5.32 Å². The number of carbonyl (C=O) groups excluding carboxylic acids is 1. The molecule has 0 saturated heterocycles. The maximum Gasteiger partial charge on any atom is 0.244 e. The van der Waals surface area contributed by atoms with Gasteiger partial charge in [0.05, 0.1) is 7.11 Å². The van der Waals surface area contributed by atoms with Crippen molar-refractivity contribution in [3.05, 3.63) is 65.7 Å². The fourth-order valence-corrected chi connectivity index (χ4v) is 3.31. The Balaban J connectivity index is 1.58. The molecule has 27 heavy (non-hydrogen) atoms. The summed E-state index contributed by atoms with van der Waals surface area (Å²) >= 11 is 0. The molecular formula is C23H27NO3. The summed E-state index contributed by atoms with van der Waals surface area (Å²) in [5.74, 6) is 1.30. The molecule has 3 rings (SSSR count). The van der Waals surface area contributed by atoms with E-state index in [0.29, 0.717) is 24.1 Å². The number of methoxy groups -OCH3 is 1. The zero-order valence-electron chi connectivity index (χ0n) is 15.8. The number of benzene rings is 2. The third kappa shape index (κ3) is 5.88. The molecule has 0 aromatic heterocycles. The third-order valence-corrected chi connectivity index (χ3v) is 4.80. The van der Waals surface area contributed by atoms with Gasteiger partial charge in [0.25, 0.3) is 0 Å². The van der Waals surface area contributed by atoms with E-state index < -0.39 is 0 Å². The van der Waals surface area contributed by atoms with Gasteiger partial charge in [-0.3, -0.25) is 4.79 Å². The van der Waals surface area contributed by atoms with Crippen LogP contribution in [0.3, 0.4) is 0 Å². The van der Waals surface area contributed by atoms with Crippen molar-refractivity contribution in [2.24, 2.45) is 0 Å². The fraction of sp³-hybridized carbons (Fsp3) is 0.348.